The predicted molar refractivity (Wildman–Crippen MR) is 75.2 cm³/mol. The van der Waals surface area contributed by atoms with Gasteiger partial charge in [-0.15, -0.1) is 0 Å². The van der Waals surface area contributed by atoms with Crippen molar-refractivity contribution in [2.24, 2.45) is 0 Å². The first-order valence-corrected chi connectivity index (χ1v) is 6.10. The van der Waals surface area contributed by atoms with Crippen molar-refractivity contribution in [2.75, 3.05) is 0 Å². The van der Waals surface area contributed by atoms with Gasteiger partial charge in [0.15, 0.2) is 0 Å². The average molecular weight is 265 g/mol. The van der Waals surface area contributed by atoms with Gasteiger partial charge in [0.05, 0.1) is 11.1 Å². The summed E-state index contributed by atoms with van der Waals surface area (Å²) in [6, 6.07) is 17.8. The Morgan fingerprint density at radius 3 is 2.50 bits per heavy atom. The minimum Gasteiger partial charge on any atom is -0.478 e. The molecule has 4 heteroatoms. The fourth-order valence-electron chi connectivity index (χ4n) is 1.97. The molecule has 0 aliphatic carbocycles. The number of para-hydroxylation sites is 2. The third kappa shape index (κ3) is 2.31. The van der Waals surface area contributed by atoms with Crippen molar-refractivity contribution in [3.63, 3.8) is 0 Å². The molecule has 98 valence electrons. The maximum Gasteiger partial charge on any atom is 0.337 e. The molecule has 20 heavy (non-hydrogen) atoms. The molecule has 0 aliphatic rings. The number of pyridine rings is 1. The zero-order valence-corrected chi connectivity index (χ0v) is 10.5. The average Bonchev–Trinajstić information content (AvgIpc) is 2.47. The van der Waals surface area contributed by atoms with E-state index < -0.39 is 5.97 Å². The molecule has 1 N–H and O–H groups in total. The topological polar surface area (TPSA) is 59.4 Å². The van der Waals surface area contributed by atoms with Crippen LogP contribution in [0.1, 0.15) is 10.4 Å². The number of hydrogen-bond acceptors (Lipinski definition) is 3. The molecular weight excluding hydrogens is 254 g/mol. The van der Waals surface area contributed by atoms with Crippen molar-refractivity contribution in [3.05, 3.63) is 66.2 Å². The summed E-state index contributed by atoms with van der Waals surface area (Å²) < 4.78 is 5.62. The number of carboxylic acids is 1. The molecule has 0 radical (unpaired) electrons. The molecule has 0 atom stereocenters. The summed E-state index contributed by atoms with van der Waals surface area (Å²) in [6.07, 6.45) is 0. The Hall–Kier alpha value is -2.88. The van der Waals surface area contributed by atoms with Crippen molar-refractivity contribution in [3.8, 4) is 11.6 Å². The Morgan fingerprint density at radius 2 is 1.75 bits per heavy atom. The van der Waals surface area contributed by atoms with Gasteiger partial charge in [-0.2, -0.15) is 0 Å². The van der Waals surface area contributed by atoms with Crippen LogP contribution in [-0.4, -0.2) is 16.1 Å². The van der Waals surface area contributed by atoms with Crippen molar-refractivity contribution < 1.29 is 14.6 Å². The van der Waals surface area contributed by atoms with Gasteiger partial charge in [0.1, 0.15) is 5.75 Å². The van der Waals surface area contributed by atoms with Crippen LogP contribution in [0, 0.1) is 0 Å². The molecule has 3 aromatic rings. The maximum absolute atomic E-state index is 11.2. The largest absolute Gasteiger partial charge is 0.478 e. The van der Waals surface area contributed by atoms with Crippen LogP contribution in [0.3, 0.4) is 0 Å². The number of aromatic carboxylic acids is 1. The first-order valence-electron chi connectivity index (χ1n) is 6.10. The van der Waals surface area contributed by atoms with Crippen molar-refractivity contribution >= 4 is 16.9 Å². The van der Waals surface area contributed by atoms with Crippen LogP contribution in [0.25, 0.3) is 10.9 Å². The second-order valence-corrected chi connectivity index (χ2v) is 4.25. The van der Waals surface area contributed by atoms with Crippen molar-refractivity contribution in [2.45, 2.75) is 0 Å². The number of nitrogens with zero attached hydrogens (tertiary/aromatic N) is 1. The molecule has 2 aromatic carbocycles. The Balaban J connectivity index is 2.06. The number of carboxylic acid groups (broad SMARTS) is 1. The second kappa shape index (κ2) is 5.01. The van der Waals surface area contributed by atoms with Crippen LogP contribution in [0.2, 0.25) is 0 Å². The van der Waals surface area contributed by atoms with Gasteiger partial charge in [-0.25, -0.2) is 9.78 Å². The molecule has 1 aromatic heterocycles. The van der Waals surface area contributed by atoms with Gasteiger partial charge in [-0.05, 0) is 24.3 Å². The normalized spacial score (nSPS) is 10.4. The molecule has 0 fully saturated rings. The maximum atomic E-state index is 11.2. The lowest BCUT2D eigenvalue weighted by molar-refractivity contribution is 0.0699. The molecule has 0 aliphatic heterocycles. The zero-order valence-electron chi connectivity index (χ0n) is 10.5. The van der Waals surface area contributed by atoms with E-state index in [1.165, 1.54) is 6.07 Å². The predicted octanol–water partition coefficient (Wildman–Crippen LogP) is 3.73. The lowest BCUT2D eigenvalue weighted by Crippen LogP contribution is -1.99. The van der Waals surface area contributed by atoms with E-state index in [1.807, 2.05) is 36.4 Å². The summed E-state index contributed by atoms with van der Waals surface area (Å²) in [5, 5.41) is 9.95. The minimum atomic E-state index is -1.00. The van der Waals surface area contributed by atoms with Crippen LogP contribution in [-0.2, 0) is 0 Å². The van der Waals surface area contributed by atoms with Crippen LogP contribution < -0.4 is 4.74 Å². The Labute approximate surface area is 115 Å². The highest BCUT2D eigenvalue weighted by Crippen LogP contribution is 2.24. The fraction of sp³-hybridized carbons (Fsp3) is 0. The van der Waals surface area contributed by atoms with E-state index in [9.17, 15) is 9.90 Å². The lowest BCUT2D eigenvalue weighted by Gasteiger charge is -2.07. The molecule has 0 amide bonds. The number of benzene rings is 2. The van der Waals surface area contributed by atoms with Crippen LogP contribution >= 0.6 is 0 Å². The number of hydrogen-bond donors (Lipinski definition) is 1. The molecule has 0 unspecified atom stereocenters. The van der Waals surface area contributed by atoms with E-state index in [-0.39, 0.29) is 5.56 Å². The Kier molecular flexibility index (Phi) is 3.05. The zero-order chi connectivity index (χ0) is 13.9. The lowest BCUT2D eigenvalue weighted by atomic mass is 10.1. The summed E-state index contributed by atoms with van der Waals surface area (Å²) in [7, 11) is 0. The third-order valence-corrected chi connectivity index (χ3v) is 2.89. The number of ether oxygens (including phenoxy) is 1. The summed E-state index contributed by atoms with van der Waals surface area (Å²) >= 11 is 0. The van der Waals surface area contributed by atoms with E-state index in [2.05, 4.69) is 4.98 Å². The third-order valence-electron chi connectivity index (χ3n) is 2.89. The van der Waals surface area contributed by atoms with Gasteiger partial charge in [-0.1, -0.05) is 30.3 Å². The molecule has 0 saturated heterocycles. The number of fused-ring (bicyclic) bond motifs is 1. The van der Waals surface area contributed by atoms with E-state index in [0.29, 0.717) is 17.1 Å². The second-order valence-electron chi connectivity index (χ2n) is 4.25. The van der Waals surface area contributed by atoms with Gasteiger partial charge >= 0.3 is 5.97 Å². The van der Waals surface area contributed by atoms with E-state index in [4.69, 9.17) is 4.74 Å². The van der Waals surface area contributed by atoms with Gasteiger partial charge in [0.2, 0.25) is 5.88 Å². The monoisotopic (exact) mass is 265 g/mol. The first-order chi connectivity index (χ1) is 9.74. The quantitative estimate of drug-likeness (QED) is 0.784. The van der Waals surface area contributed by atoms with Crippen LogP contribution in [0.5, 0.6) is 11.6 Å². The van der Waals surface area contributed by atoms with Gasteiger partial charge < -0.3 is 9.84 Å². The molecule has 1 heterocycles. The Bertz CT molecular complexity index is 769. The Morgan fingerprint density at radius 1 is 0.950 bits per heavy atom. The number of aromatic nitrogens is 1. The first kappa shape index (κ1) is 12.2. The standard InChI is InChI=1S/C16H11NO3/c18-16(19)13-8-4-5-11-9-10-14(17-15(11)13)20-12-6-2-1-3-7-12/h1-10H,(H,18,19). The van der Waals surface area contributed by atoms with E-state index >= 15 is 0 Å². The molecular formula is C16H11NO3. The molecule has 4 nitrogen and oxygen atoms in total. The van der Waals surface area contributed by atoms with Crippen LogP contribution in [0.4, 0.5) is 0 Å². The number of carbonyl (C=O) groups is 1. The molecule has 0 saturated carbocycles. The number of rotatable bonds is 3. The molecule has 0 bridgehead atoms. The van der Waals surface area contributed by atoms with Crippen molar-refractivity contribution in [1.82, 2.24) is 4.98 Å². The van der Waals surface area contributed by atoms with Gasteiger partial charge in [0, 0.05) is 11.5 Å². The fourth-order valence-corrected chi connectivity index (χ4v) is 1.97. The molecule has 0 spiro atoms. The SMILES string of the molecule is O=C(O)c1cccc2ccc(Oc3ccccc3)nc12. The summed E-state index contributed by atoms with van der Waals surface area (Å²) in [6.45, 7) is 0. The smallest absolute Gasteiger partial charge is 0.337 e. The van der Waals surface area contributed by atoms with Crippen LogP contribution in [0.15, 0.2) is 60.7 Å². The van der Waals surface area contributed by atoms with Gasteiger partial charge in [0.25, 0.3) is 0 Å². The minimum absolute atomic E-state index is 0.168. The summed E-state index contributed by atoms with van der Waals surface area (Å²) in [5.74, 6) is 0.0320. The summed E-state index contributed by atoms with van der Waals surface area (Å²) in [4.78, 5) is 15.5. The molecule has 3 rings (SSSR count). The highest BCUT2D eigenvalue weighted by Gasteiger charge is 2.10. The van der Waals surface area contributed by atoms with E-state index in [1.54, 1.807) is 18.2 Å². The van der Waals surface area contributed by atoms with Crippen molar-refractivity contribution in [1.29, 1.82) is 0 Å². The highest BCUT2D eigenvalue weighted by molar-refractivity contribution is 6.01. The summed E-state index contributed by atoms with van der Waals surface area (Å²) in [5.41, 5.74) is 0.592. The van der Waals surface area contributed by atoms with Gasteiger partial charge in [-0.3, -0.25) is 0 Å². The van der Waals surface area contributed by atoms with E-state index in [0.717, 1.165) is 5.39 Å². The highest BCUT2D eigenvalue weighted by atomic mass is 16.5.